The largest absolute Gasteiger partial charge is 0.0622 e. The second-order valence-corrected chi connectivity index (χ2v) is 7.33. The molecule has 1 heteroatoms. The van der Waals surface area contributed by atoms with Gasteiger partial charge in [0, 0.05) is 4.47 Å². The fourth-order valence-corrected chi connectivity index (χ4v) is 3.41. The van der Waals surface area contributed by atoms with Crippen LogP contribution in [0.2, 0.25) is 0 Å². The van der Waals surface area contributed by atoms with E-state index >= 15 is 0 Å². The summed E-state index contributed by atoms with van der Waals surface area (Å²) in [6.07, 6.45) is 2.26. The Hall–Kier alpha value is -2.90. The van der Waals surface area contributed by atoms with E-state index in [4.69, 9.17) is 0 Å². The Morgan fingerprint density at radius 3 is 1.44 bits per heavy atom. The Morgan fingerprint density at radius 2 is 0.963 bits per heavy atom. The fraction of sp³-hybridized carbons (Fsp3) is 0. The Balaban J connectivity index is 1.71. The summed E-state index contributed by atoms with van der Waals surface area (Å²) < 4.78 is 1.10. The van der Waals surface area contributed by atoms with Gasteiger partial charge < -0.3 is 0 Å². The Bertz CT molecular complexity index is 987. The molecule has 130 valence electrons. The molecule has 0 N–H and O–H groups in total. The van der Waals surface area contributed by atoms with E-state index in [0.717, 1.165) is 4.47 Å². The molecule has 0 bridgehead atoms. The van der Waals surface area contributed by atoms with Gasteiger partial charge in [-0.3, -0.25) is 0 Å². The minimum absolute atomic E-state index is 1.10. The highest BCUT2D eigenvalue weighted by molar-refractivity contribution is 9.10. The molecule has 4 aromatic rings. The smallest absolute Gasteiger partial charge is 0.0175 e. The molecule has 0 unspecified atom stereocenters. The van der Waals surface area contributed by atoms with E-state index in [-0.39, 0.29) is 0 Å². The lowest BCUT2D eigenvalue weighted by molar-refractivity contribution is 1.55. The molecule has 4 aromatic carbocycles. The highest BCUT2D eigenvalue weighted by Crippen LogP contribution is 2.27. The molecule has 0 radical (unpaired) electrons. The van der Waals surface area contributed by atoms with Crippen LogP contribution in [0.4, 0.5) is 0 Å². The maximum atomic E-state index is 3.49. The summed E-state index contributed by atoms with van der Waals surface area (Å²) in [7, 11) is 0. The zero-order chi connectivity index (χ0) is 18.5. The summed E-state index contributed by atoms with van der Waals surface area (Å²) >= 11 is 3.49. The number of benzene rings is 4. The number of rotatable bonds is 4. The number of hydrogen-bond donors (Lipinski definition) is 0. The van der Waals surface area contributed by atoms with Crippen LogP contribution in [-0.2, 0) is 0 Å². The Labute approximate surface area is 169 Å². The lowest BCUT2D eigenvalue weighted by Gasteiger charge is -2.09. The summed E-state index contributed by atoms with van der Waals surface area (Å²) in [4.78, 5) is 0. The zero-order valence-corrected chi connectivity index (χ0v) is 16.4. The van der Waals surface area contributed by atoms with E-state index in [2.05, 4.69) is 131 Å². The van der Waals surface area contributed by atoms with E-state index in [0.29, 0.717) is 0 Å². The maximum absolute atomic E-state index is 3.49. The van der Waals surface area contributed by atoms with Crippen molar-refractivity contribution in [3.63, 3.8) is 0 Å². The predicted molar refractivity (Wildman–Crippen MR) is 119 cm³/mol. The molecule has 0 atom stereocenters. The van der Waals surface area contributed by atoms with Crippen molar-refractivity contribution in [1.29, 1.82) is 0 Å². The molecule has 0 spiro atoms. The van der Waals surface area contributed by atoms with Gasteiger partial charge in [-0.15, -0.1) is 0 Å². The molecule has 27 heavy (non-hydrogen) atoms. The molecule has 0 saturated carbocycles. The third-order valence-electron chi connectivity index (χ3n) is 4.57. The molecule has 0 aliphatic rings. The van der Waals surface area contributed by atoms with Gasteiger partial charge in [0.2, 0.25) is 0 Å². The zero-order valence-electron chi connectivity index (χ0n) is 14.8. The van der Waals surface area contributed by atoms with Crippen LogP contribution in [0.1, 0.15) is 16.7 Å². The van der Waals surface area contributed by atoms with Gasteiger partial charge in [-0.1, -0.05) is 113 Å². The van der Waals surface area contributed by atoms with E-state index in [9.17, 15) is 0 Å². The number of halogens is 1. The highest BCUT2D eigenvalue weighted by atomic mass is 79.9. The second-order valence-electron chi connectivity index (χ2n) is 6.42. The number of hydrogen-bond acceptors (Lipinski definition) is 0. The Kier molecular flexibility index (Phi) is 5.32. The normalized spacial score (nSPS) is 10.4. The summed E-state index contributed by atoms with van der Waals surface area (Å²) in [6, 6.07) is 38.3. The molecule has 4 rings (SSSR count). The standard InChI is InChI=1S/C26H19Br/c27-25-17-15-22(16-18-25)21-13-11-20(12-14-21)19-26(23-7-3-1-4-8-23)24-9-5-2-6-10-24/h1-19H. The topological polar surface area (TPSA) is 0 Å². The lowest BCUT2D eigenvalue weighted by atomic mass is 9.95. The van der Waals surface area contributed by atoms with Gasteiger partial charge in [-0.05, 0) is 51.6 Å². The average Bonchev–Trinajstić information content (AvgIpc) is 2.74. The molecular formula is C26H19Br. The lowest BCUT2D eigenvalue weighted by Crippen LogP contribution is -1.88. The van der Waals surface area contributed by atoms with Crippen molar-refractivity contribution < 1.29 is 0 Å². The van der Waals surface area contributed by atoms with Crippen LogP contribution in [-0.4, -0.2) is 0 Å². The fourth-order valence-electron chi connectivity index (χ4n) is 3.15. The molecular weight excluding hydrogens is 392 g/mol. The molecule has 0 aliphatic heterocycles. The van der Waals surface area contributed by atoms with Gasteiger partial charge in [0.05, 0.1) is 0 Å². The van der Waals surface area contributed by atoms with E-state index in [1.54, 1.807) is 0 Å². The van der Waals surface area contributed by atoms with Gasteiger partial charge in [0.1, 0.15) is 0 Å². The van der Waals surface area contributed by atoms with Gasteiger partial charge in [0.25, 0.3) is 0 Å². The summed E-state index contributed by atoms with van der Waals surface area (Å²) in [6.45, 7) is 0. The Morgan fingerprint density at radius 1 is 0.519 bits per heavy atom. The van der Waals surface area contributed by atoms with Crippen LogP contribution in [0.3, 0.4) is 0 Å². The van der Waals surface area contributed by atoms with Crippen LogP contribution in [0.15, 0.2) is 114 Å². The van der Waals surface area contributed by atoms with Gasteiger partial charge in [0.15, 0.2) is 0 Å². The molecule has 0 nitrogen and oxygen atoms in total. The van der Waals surface area contributed by atoms with Crippen LogP contribution in [0.5, 0.6) is 0 Å². The van der Waals surface area contributed by atoms with Crippen LogP contribution >= 0.6 is 15.9 Å². The quantitative estimate of drug-likeness (QED) is 0.302. The van der Waals surface area contributed by atoms with Crippen molar-refractivity contribution in [3.05, 3.63) is 130 Å². The predicted octanol–water partition coefficient (Wildman–Crippen LogP) is 7.71. The molecule has 0 aromatic heterocycles. The summed E-state index contributed by atoms with van der Waals surface area (Å²) in [5.41, 5.74) is 7.31. The summed E-state index contributed by atoms with van der Waals surface area (Å²) in [5, 5.41) is 0. The third-order valence-corrected chi connectivity index (χ3v) is 5.10. The van der Waals surface area contributed by atoms with Crippen molar-refractivity contribution in [2.75, 3.05) is 0 Å². The first-order chi connectivity index (χ1) is 13.3. The SMILES string of the molecule is Brc1ccc(-c2ccc(C=C(c3ccccc3)c3ccccc3)cc2)cc1. The maximum Gasteiger partial charge on any atom is 0.0175 e. The minimum atomic E-state index is 1.10. The van der Waals surface area contributed by atoms with Crippen LogP contribution in [0.25, 0.3) is 22.8 Å². The van der Waals surface area contributed by atoms with Crippen LogP contribution in [0, 0.1) is 0 Å². The van der Waals surface area contributed by atoms with Crippen molar-refractivity contribution >= 4 is 27.6 Å². The van der Waals surface area contributed by atoms with E-state index in [1.807, 2.05) is 0 Å². The molecule has 0 amide bonds. The molecule has 0 saturated heterocycles. The first-order valence-corrected chi connectivity index (χ1v) is 9.77. The molecule has 0 heterocycles. The second kappa shape index (κ2) is 8.20. The molecule has 0 aliphatic carbocycles. The van der Waals surface area contributed by atoms with Crippen molar-refractivity contribution in [2.24, 2.45) is 0 Å². The van der Waals surface area contributed by atoms with Gasteiger partial charge in [-0.25, -0.2) is 0 Å². The van der Waals surface area contributed by atoms with Crippen molar-refractivity contribution in [2.45, 2.75) is 0 Å². The minimum Gasteiger partial charge on any atom is -0.0622 e. The third kappa shape index (κ3) is 4.27. The average molecular weight is 411 g/mol. The highest BCUT2D eigenvalue weighted by Gasteiger charge is 2.05. The van der Waals surface area contributed by atoms with Gasteiger partial charge >= 0.3 is 0 Å². The van der Waals surface area contributed by atoms with Crippen molar-refractivity contribution in [1.82, 2.24) is 0 Å². The first-order valence-electron chi connectivity index (χ1n) is 8.98. The van der Waals surface area contributed by atoms with Gasteiger partial charge in [-0.2, -0.15) is 0 Å². The first kappa shape index (κ1) is 17.5. The molecule has 0 fully saturated rings. The van der Waals surface area contributed by atoms with E-state index < -0.39 is 0 Å². The van der Waals surface area contributed by atoms with Crippen LogP contribution < -0.4 is 0 Å². The van der Waals surface area contributed by atoms with Crippen molar-refractivity contribution in [3.8, 4) is 11.1 Å². The summed E-state index contributed by atoms with van der Waals surface area (Å²) in [5.74, 6) is 0. The monoisotopic (exact) mass is 410 g/mol. The van der Waals surface area contributed by atoms with E-state index in [1.165, 1.54) is 33.4 Å².